The van der Waals surface area contributed by atoms with Gasteiger partial charge in [-0.05, 0) is 49.6 Å². The number of hydrogen-bond acceptors (Lipinski definition) is 4. The van der Waals surface area contributed by atoms with E-state index in [9.17, 15) is 4.39 Å². The molecule has 7 heteroatoms. The summed E-state index contributed by atoms with van der Waals surface area (Å²) in [5, 5.41) is 0.0698. The van der Waals surface area contributed by atoms with E-state index in [1.807, 2.05) is 19.1 Å². The molecule has 1 aliphatic heterocycles. The topological polar surface area (TPSA) is 70.3 Å². The minimum Gasteiger partial charge on any atom is -0.397 e. The van der Waals surface area contributed by atoms with Crippen molar-refractivity contribution in [2.45, 2.75) is 27.2 Å². The van der Waals surface area contributed by atoms with Crippen molar-refractivity contribution in [3.8, 4) is 0 Å². The van der Waals surface area contributed by atoms with Crippen LogP contribution in [-0.2, 0) is 0 Å². The summed E-state index contributed by atoms with van der Waals surface area (Å²) < 4.78 is 13.6. The third-order valence-electron chi connectivity index (χ3n) is 4.53. The van der Waals surface area contributed by atoms with Crippen LogP contribution in [0, 0.1) is 18.7 Å². The second-order valence-electron chi connectivity index (χ2n) is 7.31. The average molecular weight is 402 g/mol. The van der Waals surface area contributed by atoms with Gasteiger partial charge in [-0.2, -0.15) is 0 Å². The standard InChI is InChI=1S/C21H25ClFN5/c1-13(2)8-9-28-12-26-20(15-4-5-17(23)16(22)10-15)21(28)18(24)6-7-19-25-11-14(3)27-19/h4-7,10-11,13H,8-9,12,24H2,1-3H3,(H,25,27)/b7-6-,21-18?. The van der Waals surface area contributed by atoms with Crippen LogP contribution in [0.25, 0.3) is 6.08 Å². The molecular formula is C21H25ClFN5. The smallest absolute Gasteiger partial charge is 0.141 e. The van der Waals surface area contributed by atoms with Gasteiger partial charge in [-0.1, -0.05) is 25.4 Å². The number of aryl methyl sites for hydroxylation is 1. The highest BCUT2D eigenvalue weighted by molar-refractivity contribution is 6.31. The third-order valence-corrected chi connectivity index (χ3v) is 4.82. The molecule has 0 atom stereocenters. The van der Waals surface area contributed by atoms with E-state index >= 15 is 0 Å². The van der Waals surface area contributed by atoms with Crippen molar-refractivity contribution < 1.29 is 4.39 Å². The van der Waals surface area contributed by atoms with Crippen LogP contribution in [0.3, 0.4) is 0 Å². The number of aromatic amines is 1. The molecule has 0 radical (unpaired) electrons. The number of imidazole rings is 1. The van der Waals surface area contributed by atoms with Gasteiger partial charge in [0, 0.05) is 24.0 Å². The Balaban J connectivity index is 1.95. The molecule has 1 aromatic heterocycles. The number of rotatable bonds is 6. The number of allylic oxidation sites excluding steroid dienone is 2. The Morgan fingerprint density at radius 2 is 2.21 bits per heavy atom. The van der Waals surface area contributed by atoms with Crippen LogP contribution < -0.4 is 5.73 Å². The highest BCUT2D eigenvalue weighted by Gasteiger charge is 2.25. The number of aliphatic imine (C=N–C) groups is 1. The Morgan fingerprint density at radius 3 is 2.86 bits per heavy atom. The van der Waals surface area contributed by atoms with Crippen LogP contribution in [-0.4, -0.2) is 33.8 Å². The lowest BCUT2D eigenvalue weighted by atomic mass is 10.0. The van der Waals surface area contributed by atoms with Gasteiger partial charge in [0.25, 0.3) is 0 Å². The van der Waals surface area contributed by atoms with E-state index in [1.165, 1.54) is 6.07 Å². The molecule has 0 unspecified atom stereocenters. The monoisotopic (exact) mass is 401 g/mol. The second kappa shape index (κ2) is 8.61. The van der Waals surface area contributed by atoms with Crippen LogP contribution in [0.1, 0.15) is 37.4 Å². The maximum atomic E-state index is 13.6. The Bertz CT molecular complexity index is 942. The van der Waals surface area contributed by atoms with Gasteiger partial charge in [-0.15, -0.1) is 0 Å². The number of hydrogen-bond donors (Lipinski definition) is 2. The summed E-state index contributed by atoms with van der Waals surface area (Å²) >= 11 is 5.98. The van der Waals surface area contributed by atoms with Crippen molar-refractivity contribution in [1.82, 2.24) is 14.9 Å². The third kappa shape index (κ3) is 4.62. The molecule has 1 aromatic carbocycles. The SMILES string of the molecule is Cc1cnc(/C=C\C(N)=C2C(c3ccc(F)c(Cl)c3)=NCN2CCC(C)C)[nH]1. The van der Waals surface area contributed by atoms with E-state index in [0.717, 1.165) is 41.5 Å². The number of halogens is 2. The van der Waals surface area contributed by atoms with E-state index < -0.39 is 5.82 Å². The Kier molecular flexibility index (Phi) is 6.19. The second-order valence-corrected chi connectivity index (χ2v) is 7.72. The molecule has 148 valence electrons. The predicted octanol–water partition coefficient (Wildman–Crippen LogP) is 4.50. The van der Waals surface area contributed by atoms with Crippen LogP contribution in [0.2, 0.25) is 5.02 Å². The van der Waals surface area contributed by atoms with Crippen LogP contribution in [0.15, 0.2) is 46.9 Å². The van der Waals surface area contributed by atoms with Crippen molar-refractivity contribution in [3.63, 3.8) is 0 Å². The summed E-state index contributed by atoms with van der Waals surface area (Å²) in [5.41, 5.74) is 10.3. The van der Waals surface area contributed by atoms with Crippen molar-refractivity contribution in [3.05, 3.63) is 69.8 Å². The molecule has 28 heavy (non-hydrogen) atoms. The van der Waals surface area contributed by atoms with Gasteiger partial charge in [0.1, 0.15) is 18.3 Å². The van der Waals surface area contributed by atoms with Crippen LogP contribution in [0.5, 0.6) is 0 Å². The molecule has 3 rings (SSSR count). The molecule has 2 aromatic rings. The summed E-state index contributed by atoms with van der Waals surface area (Å²) in [6.07, 6.45) is 6.44. The molecule has 0 saturated carbocycles. The Morgan fingerprint density at radius 1 is 1.43 bits per heavy atom. The number of aromatic nitrogens is 2. The summed E-state index contributed by atoms with van der Waals surface area (Å²) in [7, 11) is 0. The van der Waals surface area contributed by atoms with Crippen LogP contribution >= 0.6 is 11.6 Å². The van der Waals surface area contributed by atoms with Gasteiger partial charge in [-0.3, -0.25) is 4.99 Å². The normalized spacial score (nSPS) is 16.4. The zero-order chi connectivity index (χ0) is 20.3. The van der Waals surface area contributed by atoms with E-state index in [1.54, 1.807) is 18.3 Å². The zero-order valence-electron chi connectivity index (χ0n) is 16.3. The minimum atomic E-state index is -0.452. The van der Waals surface area contributed by atoms with Crippen molar-refractivity contribution >= 4 is 23.4 Å². The van der Waals surface area contributed by atoms with Crippen molar-refractivity contribution in [1.29, 1.82) is 0 Å². The first-order valence-electron chi connectivity index (χ1n) is 9.29. The fourth-order valence-electron chi connectivity index (χ4n) is 3.00. The molecule has 3 N–H and O–H groups in total. The molecule has 1 aliphatic rings. The molecular weight excluding hydrogens is 377 g/mol. The molecule has 5 nitrogen and oxygen atoms in total. The maximum absolute atomic E-state index is 13.6. The summed E-state index contributed by atoms with van der Waals surface area (Å²) in [6.45, 7) is 7.66. The quantitative estimate of drug-likeness (QED) is 0.748. The lowest BCUT2D eigenvalue weighted by molar-refractivity contribution is 0.354. The molecule has 0 bridgehead atoms. The zero-order valence-corrected chi connectivity index (χ0v) is 17.1. The molecule has 2 heterocycles. The van der Waals surface area contributed by atoms with Crippen molar-refractivity contribution in [2.75, 3.05) is 13.2 Å². The Labute approximate surface area is 169 Å². The molecule has 0 amide bonds. The van der Waals surface area contributed by atoms with E-state index in [2.05, 4.69) is 33.7 Å². The number of benzene rings is 1. The van der Waals surface area contributed by atoms with Crippen LogP contribution in [0.4, 0.5) is 4.39 Å². The van der Waals surface area contributed by atoms with E-state index in [0.29, 0.717) is 18.3 Å². The van der Waals surface area contributed by atoms with Gasteiger partial charge in [-0.25, -0.2) is 9.37 Å². The highest BCUT2D eigenvalue weighted by atomic mass is 35.5. The number of nitrogens with two attached hydrogens (primary N) is 1. The van der Waals surface area contributed by atoms with Gasteiger partial charge in [0.15, 0.2) is 0 Å². The predicted molar refractivity (Wildman–Crippen MR) is 113 cm³/mol. The Hall–Kier alpha value is -2.60. The molecule has 0 fully saturated rings. The lowest BCUT2D eigenvalue weighted by Gasteiger charge is -2.22. The number of nitrogens with one attached hydrogen (secondary N) is 1. The lowest BCUT2D eigenvalue weighted by Crippen LogP contribution is -2.27. The average Bonchev–Trinajstić information content (AvgIpc) is 3.26. The first-order chi connectivity index (χ1) is 13.3. The van der Waals surface area contributed by atoms with E-state index in [-0.39, 0.29) is 5.02 Å². The van der Waals surface area contributed by atoms with Gasteiger partial charge in [0.2, 0.25) is 0 Å². The maximum Gasteiger partial charge on any atom is 0.141 e. The molecule has 0 aliphatic carbocycles. The first kappa shape index (κ1) is 20.1. The van der Waals surface area contributed by atoms with Gasteiger partial charge < -0.3 is 15.6 Å². The fourth-order valence-corrected chi connectivity index (χ4v) is 3.18. The highest BCUT2D eigenvalue weighted by Crippen LogP contribution is 2.26. The van der Waals surface area contributed by atoms with Gasteiger partial charge in [0.05, 0.1) is 22.1 Å². The molecule has 0 saturated heterocycles. The largest absolute Gasteiger partial charge is 0.397 e. The fraction of sp³-hybridized carbons (Fsp3) is 0.333. The minimum absolute atomic E-state index is 0.0698. The summed E-state index contributed by atoms with van der Waals surface area (Å²) in [5.74, 6) is 0.844. The molecule has 0 spiro atoms. The summed E-state index contributed by atoms with van der Waals surface area (Å²) in [6, 6.07) is 4.62. The van der Waals surface area contributed by atoms with E-state index in [4.69, 9.17) is 17.3 Å². The number of nitrogens with zero attached hydrogens (tertiary/aromatic N) is 3. The number of H-pyrrole nitrogens is 1. The van der Waals surface area contributed by atoms with Gasteiger partial charge >= 0.3 is 0 Å². The first-order valence-corrected chi connectivity index (χ1v) is 9.67. The van der Waals surface area contributed by atoms with Crippen molar-refractivity contribution in [2.24, 2.45) is 16.6 Å². The summed E-state index contributed by atoms with van der Waals surface area (Å²) in [4.78, 5) is 14.2.